The van der Waals surface area contributed by atoms with E-state index < -0.39 is 15.4 Å². The monoisotopic (exact) mass is 400 g/mol. The summed E-state index contributed by atoms with van der Waals surface area (Å²) in [5, 5.41) is 3.01. The Labute approximate surface area is 167 Å². The summed E-state index contributed by atoms with van der Waals surface area (Å²) < 4.78 is 27.5. The molecule has 3 rings (SSSR count). The predicted octanol–water partition coefficient (Wildman–Crippen LogP) is 3.41. The number of nitrogens with zero attached hydrogens (tertiary/aromatic N) is 1. The van der Waals surface area contributed by atoms with Gasteiger partial charge in [-0.05, 0) is 56.9 Å². The van der Waals surface area contributed by atoms with Crippen LogP contribution in [0, 0.1) is 19.3 Å². The lowest BCUT2D eigenvalue weighted by molar-refractivity contribution is -0.132. The SMILES string of the molecule is Cc1ccc(S(=O)(=O)N2CCC[C@](C)(C(=O)NCc3ccccc3C)C2)cc1. The van der Waals surface area contributed by atoms with Crippen LogP contribution in [0.5, 0.6) is 0 Å². The summed E-state index contributed by atoms with van der Waals surface area (Å²) in [4.78, 5) is 13.2. The van der Waals surface area contributed by atoms with Gasteiger partial charge in [0.2, 0.25) is 15.9 Å². The molecule has 1 atom stereocenters. The van der Waals surface area contributed by atoms with E-state index in [1.807, 2.05) is 45.0 Å². The predicted molar refractivity (Wildman–Crippen MR) is 110 cm³/mol. The lowest BCUT2D eigenvalue weighted by Gasteiger charge is -2.38. The number of benzene rings is 2. The van der Waals surface area contributed by atoms with Gasteiger partial charge in [0.25, 0.3) is 0 Å². The maximum absolute atomic E-state index is 13.0. The first-order valence-corrected chi connectivity index (χ1v) is 11.1. The van der Waals surface area contributed by atoms with Crippen molar-refractivity contribution in [1.29, 1.82) is 0 Å². The molecule has 1 N–H and O–H groups in total. The smallest absolute Gasteiger partial charge is 0.243 e. The van der Waals surface area contributed by atoms with Crippen molar-refractivity contribution < 1.29 is 13.2 Å². The van der Waals surface area contributed by atoms with Crippen LogP contribution in [0.2, 0.25) is 0 Å². The van der Waals surface area contributed by atoms with Crippen LogP contribution in [0.25, 0.3) is 0 Å². The van der Waals surface area contributed by atoms with Gasteiger partial charge in [0.05, 0.1) is 10.3 Å². The fraction of sp³-hybridized carbons (Fsp3) is 0.409. The molecule has 0 radical (unpaired) electrons. The number of carbonyl (C=O) groups excluding carboxylic acids is 1. The first kappa shape index (κ1) is 20.6. The number of piperidine rings is 1. The lowest BCUT2D eigenvalue weighted by atomic mass is 9.82. The molecule has 28 heavy (non-hydrogen) atoms. The molecule has 1 aliphatic rings. The van der Waals surface area contributed by atoms with Crippen LogP contribution in [0.1, 0.15) is 36.5 Å². The number of carbonyl (C=O) groups is 1. The van der Waals surface area contributed by atoms with E-state index in [0.29, 0.717) is 25.9 Å². The molecule has 0 aliphatic carbocycles. The van der Waals surface area contributed by atoms with Crippen LogP contribution in [0.15, 0.2) is 53.4 Å². The molecule has 5 nitrogen and oxygen atoms in total. The van der Waals surface area contributed by atoms with Gasteiger partial charge in [-0.2, -0.15) is 4.31 Å². The zero-order valence-corrected chi connectivity index (χ0v) is 17.6. The summed E-state index contributed by atoms with van der Waals surface area (Å²) in [5.41, 5.74) is 2.47. The van der Waals surface area contributed by atoms with Gasteiger partial charge in [-0.3, -0.25) is 4.79 Å². The number of hydrogen-bond acceptors (Lipinski definition) is 3. The maximum Gasteiger partial charge on any atom is 0.243 e. The van der Waals surface area contributed by atoms with E-state index in [0.717, 1.165) is 16.7 Å². The van der Waals surface area contributed by atoms with E-state index in [1.54, 1.807) is 24.3 Å². The Bertz CT molecular complexity index is 954. The summed E-state index contributed by atoms with van der Waals surface area (Å²) in [6.45, 7) is 6.88. The molecule has 0 aromatic heterocycles. The van der Waals surface area contributed by atoms with Gasteiger partial charge in [0.15, 0.2) is 0 Å². The van der Waals surface area contributed by atoms with Gasteiger partial charge in [0.1, 0.15) is 0 Å². The summed E-state index contributed by atoms with van der Waals surface area (Å²) in [6, 6.07) is 14.8. The molecule has 150 valence electrons. The van der Waals surface area contributed by atoms with Gasteiger partial charge < -0.3 is 5.32 Å². The largest absolute Gasteiger partial charge is 0.352 e. The minimum Gasteiger partial charge on any atom is -0.352 e. The molecule has 0 unspecified atom stereocenters. The normalized spacial score (nSPS) is 20.7. The fourth-order valence-electron chi connectivity index (χ4n) is 3.64. The van der Waals surface area contributed by atoms with E-state index in [1.165, 1.54) is 4.31 Å². The molecular formula is C22H28N2O3S. The molecule has 2 aromatic rings. The number of sulfonamides is 1. The van der Waals surface area contributed by atoms with E-state index >= 15 is 0 Å². The zero-order valence-electron chi connectivity index (χ0n) is 16.7. The Morgan fingerprint density at radius 3 is 2.46 bits per heavy atom. The van der Waals surface area contributed by atoms with Crippen molar-refractivity contribution >= 4 is 15.9 Å². The van der Waals surface area contributed by atoms with E-state index in [2.05, 4.69) is 5.32 Å². The Morgan fingerprint density at radius 2 is 1.79 bits per heavy atom. The molecule has 1 fully saturated rings. The van der Waals surface area contributed by atoms with Gasteiger partial charge >= 0.3 is 0 Å². The van der Waals surface area contributed by atoms with Crippen LogP contribution in [0.3, 0.4) is 0 Å². The third-order valence-corrected chi connectivity index (χ3v) is 7.43. The van der Waals surface area contributed by atoms with Crippen molar-refractivity contribution in [3.8, 4) is 0 Å². The second kappa shape index (κ2) is 8.05. The van der Waals surface area contributed by atoms with Gasteiger partial charge in [-0.25, -0.2) is 8.42 Å². The molecule has 1 aliphatic heterocycles. The summed E-state index contributed by atoms with van der Waals surface area (Å²) in [7, 11) is -3.60. The van der Waals surface area contributed by atoms with Crippen molar-refractivity contribution in [2.45, 2.75) is 45.1 Å². The number of hydrogen-bond donors (Lipinski definition) is 1. The first-order valence-electron chi connectivity index (χ1n) is 9.62. The summed E-state index contributed by atoms with van der Waals surface area (Å²) >= 11 is 0. The number of amides is 1. The highest BCUT2D eigenvalue weighted by Gasteiger charge is 2.41. The topological polar surface area (TPSA) is 66.5 Å². The van der Waals surface area contributed by atoms with Crippen LogP contribution in [-0.2, 0) is 21.4 Å². The highest BCUT2D eigenvalue weighted by atomic mass is 32.2. The van der Waals surface area contributed by atoms with Crippen LogP contribution in [0.4, 0.5) is 0 Å². The highest BCUT2D eigenvalue weighted by Crippen LogP contribution is 2.33. The zero-order chi connectivity index (χ0) is 20.4. The second-order valence-corrected chi connectivity index (χ2v) is 9.86. The summed E-state index contributed by atoms with van der Waals surface area (Å²) in [6.07, 6.45) is 1.34. The van der Waals surface area contributed by atoms with Crippen LogP contribution >= 0.6 is 0 Å². The Hall–Kier alpha value is -2.18. The minimum atomic E-state index is -3.60. The number of rotatable bonds is 5. The van der Waals surface area contributed by atoms with Crippen molar-refractivity contribution in [1.82, 2.24) is 9.62 Å². The third kappa shape index (κ3) is 4.28. The van der Waals surface area contributed by atoms with Gasteiger partial charge in [-0.1, -0.05) is 42.0 Å². The Kier molecular flexibility index (Phi) is 5.91. The molecule has 1 saturated heterocycles. The van der Waals surface area contributed by atoms with E-state index in [-0.39, 0.29) is 17.3 Å². The highest BCUT2D eigenvalue weighted by molar-refractivity contribution is 7.89. The van der Waals surface area contributed by atoms with E-state index in [9.17, 15) is 13.2 Å². The molecule has 1 amide bonds. The Morgan fingerprint density at radius 1 is 1.11 bits per heavy atom. The molecule has 2 aromatic carbocycles. The molecule has 6 heteroatoms. The maximum atomic E-state index is 13.0. The average Bonchev–Trinajstić information content (AvgIpc) is 2.67. The van der Waals surface area contributed by atoms with Crippen molar-refractivity contribution in [3.63, 3.8) is 0 Å². The molecule has 0 bridgehead atoms. The number of nitrogens with one attached hydrogen (secondary N) is 1. The quantitative estimate of drug-likeness (QED) is 0.836. The first-order chi connectivity index (χ1) is 13.2. The average molecular weight is 401 g/mol. The molecule has 0 spiro atoms. The lowest BCUT2D eigenvalue weighted by Crippen LogP contribution is -2.51. The second-order valence-electron chi connectivity index (χ2n) is 7.93. The van der Waals surface area contributed by atoms with Crippen molar-refractivity contribution in [2.75, 3.05) is 13.1 Å². The van der Waals surface area contributed by atoms with Crippen molar-refractivity contribution in [3.05, 3.63) is 65.2 Å². The molecule has 0 saturated carbocycles. The standard InChI is InChI=1S/C22H28N2O3S/c1-17-9-11-20(12-10-17)28(26,27)24-14-6-13-22(3,16-24)21(25)23-15-19-8-5-4-7-18(19)2/h4-5,7-12H,6,13-16H2,1-3H3,(H,23,25)/t22-/m0/s1. The van der Waals surface area contributed by atoms with Crippen LogP contribution < -0.4 is 5.32 Å². The van der Waals surface area contributed by atoms with Crippen LogP contribution in [-0.4, -0.2) is 31.7 Å². The van der Waals surface area contributed by atoms with Gasteiger partial charge in [-0.15, -0.1) is 0 Å². The molecule has 1 heterocycles. The fourth-order valence-corrected chi connectivity index (χ4v) is 5.24. The summed E-state index contributed by atoms with van der Waals surface area (Å²) in [5.74, 6) is -0.0976. The Balaban J connectivity index is 1.72. The third-order valence-electron chi connectivity index (χ3n) is 5.57. The molecular weight excluding hydrogens is 372 g/mol. The van der Waals surface area contributed by atoms with E-state index in [4.69, 9.17) is 0 Å². The van der Waals surface area contributed by atoms with Gasteiger partial charge in [0, 0.05) is 19.6 Å². The van der Waals surface area contributed by atoms with Crippen molar-refractivity contribution in [2.24, 2.45) is 5.41 Å². The number of aryl methyl sites for hydroxylation is 2. The minimum absolute atomic E-state index is 0.0976.